The van der Waals surface area contributed by atoms with Gasteiger partial charge in [0, 0.05) is 0 Å². The molecule has 0 heterocycles. The van der Waals surface area contributed by atoms with Crippen LogP contribution in [-0.2, 0) is 85.2 Å². The molecule has 13 heteroatoms. The Morgan fingerprint density at radius 1 is 0.769 bits per heavy atom. The van der Waals surface area contributed by atoms with Gasteiger partial charge in [-0.05, 0) is 22.4 Å². The first kappa shape index (κ1) is 30.0. The third kappa shape index (κ3) is 220. The van der Waals surface area contributed by atoms with Gasteiger partial charge in [-0.15, -0.1) is 18.1 Å². The summed E-state index contributed by atoms with van der Waals surface area (Å²) in [5.74, 6) is 0. The Hall–Kier alpha value is 3.63. The van der Waals surface area contributed by atoms with Gasteiger partial charge in [-0.1, -0.05) is 0 Å². The molecule has 0 aromatic carbocycles. The predicted molar refractivity (Wildman–Crippen MR) is 39.9 cm³/mol. The molecule has 84 valence electrons. The molecular formula is Ag2BaO6S4. The van der Waals surface area contributed by atoms with Crippen LogP contribution in [0.2, 0.25) is 0 Å². The van der Waals surface area contributed by atoms with Crippen LogP contribution in [0.4, 0.5) is 0 Å². The largest absolute Gasteiger partial charge is 2.00 e. The summed E-state index contributed by atoms with van der Waals surface area (Å²) in [4.78, 5) is 0. The van der Waals surface area contributed by atoms with Gasteiger partial charge >= 0.3 is 93.6 Å². The van der Waals surface area contributed by atoms with Gasteiger partial charge in [0.05, 0.1) is 0 Å². The van der Waals surface area contributed by atoms with Gasteiger partial charge in [0.1, 0.15) is 0 Å². The fourth-order valence-electron chi connectivity index (χ4n) is 0. The molecule has 0 saturated carbocycles. The third-order valence-corrected chi connectivity index (χ3v) is 0. The Balaban J connectivity index is -0.0000000267. The van der Waals surface area contributed by atoms with Crippen LogP contribution in [0.25, 0.3) is 0 Å². The number of hydrogen-bond donors (Lipinski definition) is 0. The van der Waals surface area contributed by atoms with Crippen molar-refractivity contribution >= 4 is 89.4 Å². The minimum Gasteiger partial charge on any atom is -0.780 e. The molecule has 0 saturated heterocycles. The molecule has 0 atom stereocenters. The van der Waals surface area contributed by atoms with Crippen molar-refractivity contribution in [2.45, 2.75) is 0 Å². The van der Waals surface area contributed by atoms with E-state index in [1.807, 2.05) is 0 Å². The zero-order chi connectivity index (χ0) is 9.00. The van der Waals surface area contributed by atoms with E-state index in [1.165, 1.54) is 0 Å². The molecule has 0 aromatic rings. The van der Waals surface area contributed by atoms with Crippen molar-refractivity contribution in [2.75, 3.05) is 0 Å². The standard InChI is InChI=1S/2Ag.Ba.2H2O3S2/c;;;2*1-5(2,3)4/h;;;2*(H2,1,2,3,4)/q2*+1;+2;;/p-4. The summed E-state index contributed by atoms with van der Waals surface area (Å²) in [6.07, 6.45) is 0. The van der Waals surface area contributed by atoms with E-state index in [0.29, 0.717) is 0 Å². The van der Waals surface area contributed by atoms with Gasteiger partial charge in [-0.3, -0.25) is 8.42 Å². The minimum atomic E-state index is -4.33. The predicted octanol–water partition coefficient (Wildman–Crippen LogP) is -2.40. The van der Waals surface area contributed by atoms with Crippen LogP contribution in [0.3, 0.4) is 0 Å². The molecule has 0 rings (SSSR count). The average Bonchev–Trinajstić information content (AvgIpc) is 1.12. The zero-order valence-electron chi connectivity index (χ0n) is 5.39. The van der Waals surface area contributed by atoms with Crippen LogP contribution in [-0.4, -0.2) is 75.5 Å². The van der Waals surface area contributed by atoms with Gasteiger partial charge in [-0.2, -0.15) is 0 Å². The molecule has 13 heavy (non-hydrogen) atoms. The smallest absolute Gasteiger partial charge is 0.780 e. The van der Waals surface area contributed by atoms with E-state index in [4.69, 9.17) is 26.6 Å². The second-order valence-electron chi connectivity index (χ2n) is 0.816. The van der Waals surface area contributed by atoms with Crippen molar-refractivity contribution < 1.29 is 71.4 Å². The van der Waals surface area contributed by atoms with E-state index in [-0.39, 0.29) is 93.6 Å². The Morgan fingerprint density at radius 2 is 0.769 bits per heavy atom. The molecule has 0 spiro atoms. The second-order valence-corrected chi connectivity index (χ2v) is 4.90. The minimum absolute atomic E-state index is 0. The first-order chi connectivity index (χ1) is 4.00. The molecule has 0 bridgehead atoms. The summed E-state index contributed by atoms with van der Waals surface area (Å²) in [5, 5.41) is 0. The summed E-state index contributed by atoms with van der Waals surface area (Å²) >= 11 is 6.49. The van der Waals surface area contributed by atoms with Crippen LogP contribution in [0.15, 0.2) is 0 Å². The Labute approximate surface area is 157 Å². The Kier molecular flexibility index (Phi) is 31.6. The topological polar surface area (TPSA) is 126 Å². The van der Waals surface area contributed by atoms with Crippen LogP contribution < -0.4 is 0 Å². The van der Waals surface area contributed by atoms with Crippen LogP contribution in [0.5, 0.6) is 0 Å². The van der Waals surface area contributed by atoms with E-state index in [9.17, 15) is 0 Å². The van der Waals surface area contributed by atoms with Gasteiger partial charge in [0.25, 0.3) is 0 Å². The quantitative estimate of drug-likeness (QED) is 0.292. The van der Waals surface area contributed by atoms with E-state index >= 15 is 0 Å². The van der Waals surface area contributed by atoms with Gasteiger partial charge in [0.15, 0.2) is 0 Å². The molecule has 0 N–H and O–H groups in total. The monoisotopic (exact) mass is 576 g/mol. The molecule has 6 nitrogen and oxygen atoms in total. The molecule has 0 unspecified atom stereocenters. The Bertz CT molecular complexity index is 219. The molecule has 0 radical (unpaired) electrons. The molecule has 0 fully saturated rings. The average molecular weight is 577 g/mol. The SMILES string of the molecule is O=S([O-])([O-])=S.O=S([O-])([O-])=S.[Ag+].[Ag+].[Ba+2]. The molecule has 0 amide bonds. The molecule has 0 aliphatic carbocycles. The van der Waals surface area contributed by atoms with Gasteiger partial charge in [-0.25, -0.2) is 0 Å². The summed E-state index contributed by atoms with van der Waals surface area (Å²) in [6.45, 7) is 0. The van der Waals surface area contributed by atoms with Crippen molar-refractivity contribution in [3.05, 3.63) is 0 Å². The van der Waals surface area contributed by atoms with E-state index in [2.05, 4.69) is 22.4 Å². The first-order valence-electron chi connectivity index (χ1n) is 1.33. The second kappa shape index (κ2) is 13.7. The maximum absolute atomic E-state index is 8.89. The van der Waals surface area contributed by atoms with Crippen LogP contribution in [0.1, 0.15) is 0 Å². The Morgan fingerprint density at radius 3 is 0.769 bits per heavy atom. The fraction of sp³-hybridized carbons (Fsp3) is 0. The third-order valence-electron chi connectivity index (χ3n) is 0. The summed E-state index contributed by atoms with van der Waals surface area (Å²) in [7, 11) is -8.67. The van der Waals surface area contributed by atoms with Gasteiger partial charge in [0.2, 0.25) is 0 Å². The summed E-state index contributed by atoms with van der Waals surface area (Å²) in [5.41, 5.74) is 0. The van der Waals surface area contributed by atoms with Gasteiger partial charge < -0.3 is 18.2 Å². The van der Waals surface area contributed by atoms with E-state index < -0.39 is 18.1 Å². The molecule has 0 aliphatic rings. The van der Waals surface area contributed by atoms with Crippen LogP contribution in [0, 0.1) is 0 Å². The zero-order valence-corrected chi connectivity index (χ0v) is 16.1. The van der Waals surface area contributed by atoms with E-state index in [1.54, 1.807) is 0 Å². The molecular weight excluding hydrogens is 577 g/mol. The van der Waals surface area contributed by atoms with Crippen molar-refractivity contribution in [1.29, 1.82) is 0 Å². The summed E-state index contributed by atoms with van der Waals surface area (Å²) in [6, 6.07) is 0. The molecule has 0 aromatic heterocycles. The number of rotatable bonds is 0. The summed E-state index contributed by atoms with van der Waals surface area (Å²) < 4.78 is 53.3. The van der Waals surface area contributed by atoms with Crippen molar-refractivity contribution in [3.63, 3.8) is 0 Å². The van der Waals surface area contributed by atoms with E-state index in [0.717, 1.165) is 0 Å². The maximum Gasteiger partial charge on any atom is 2.00 e. The van der Waals surface area contributed by atoms with Crippen molar-refractivity contribution in [3.8, 4) is 0 Å². The number of hydrogen-bond acceptors (Lipinski definition) is 8. The van der Waals surface area contributed by atoms with Crippen molar-refractivity contribution in [2.24, 2.45) is 0 Å². The molecule has 0 aliphatic heterocycles. The first-order valence-corrected chi connectivity index (χ1v) is 6.00. The van der Waals surface area contributed by atoms with Crippen LogP contribution >= 0.6 is 0 Å². The maximum atomic E-state index is 8.89. The normalized spacial score (nSPS) is 8.92. The van der Waals surface area contributed by atoms with Crippen molar-refractivity contribution in [1.82, 2.24) is 0 Å². The fourth-order valence-corrected chi connectivity index (χ4v) is 0.